The molecule has 1 fully saturated rings. The highest BCUT2D eigenvalue weighted by Crippen LogP contribution is 2.43. The van der Waals surface area contributed by atoms with Crippen molar-refractivity contribution in [2.75, 3.05) is 6.61 Å². The molecule has 2 aromatic rings. The van der Waals surface area contributed by atoms with Crippen LogP contribution in [0.5, 0.6) is 5.75 Å². The Kier molecular flexibility index (Phi) is 5.16. The van der Waals surface area contributed by atoms with E-state index >= 15 is 0 Å². The van der Waals surface area contributed by atoms with Crippen LogP contribution in [0, 0.1) is 0 Å². The molecule has 0 radical (unpaired) electrons. The van der Waals surface area contributed by atoms with Crippen molar-refractivity contribution in [2.24, 2.45) is 0 Å². The van der Waals surface area contributed by atoms with Crippen LogP contribution in [0.25, 0.3) is 0 Å². The number of aliphatic hydroxyl groups excluding tert-OH is 4. The molecule has 2 aliphatic rings. The second-order valence-electron chi connectivity index (χ2n) is 7.64. The second-order valence-corrected chi connectivity index (χ2v) is 7.64. The molecule has 2 aromatic carbocycles. The smallest absolute Gasteiger partial charge is 0.244 e. The zero-order valence-electron chi connectivity index (χ0n) is 15.8. The molecule has 0 aromatic heterocycles. The van der Waals surface area contributed by atoms with Gasteiger partial charge in [-0.2, -0.15) is 0 Å². The third-order valence-corrected chi connectivity index (χ3v) is 5.72. The molecule has 0 bridgehead atoms. The lowest BCUT2D eigenvalue weighted by atomic mass is 9.89. The molecule has 6 nitrogen and oxygen atoms in total. The summed E-state index contributed by atoms with van der Waals surface area (Å²) >= 11 is 0. The minimum absolute atomic E-state index is 0.229. The van der Waals surface area contributed by atoms with Gasteiger partial charge in [0.15, 0.2) is 0 Å². The molecule has 28 heavy (non-hydrogen) atoms. The van der Waals surface area contributed by atoms with Gasteiger partial charge in [0.25, 0.3) is 0 Å². The number of aryl methyl sites for hydroxylation is 1. The third kappa shape index (κ3) is 3.32. The topological polar surface area (TPSA) is 99.4 Å². The van der Waals surface area contributed by atoms with Gasteiger partial charge in [-0.1, -0.05) is 43.3 Å². The maximum Gasteiger partial charge on any atom is 0.244 e. The van der Waals surface area contributed by atoms with E-state index in [1.807, 2.05) is 18.2 Å². The molecule has 1 saturated heterocycles. The molecule has 4 N–H and O–H groups in total. The van der Waals surface area contributed by atoms with Crippen molar-refractivity contribution in [3.05, 3.63) is 64.7 Å². The Labute approximate surface area is 164 Å². The van der Waals surface area contributed by atoms with Crippen LogP contribution in [0.1, 0.15) is 29.2 Å². The van der Waals surface area contributed by atoms with E-state index in [0.29, 0.717) is 5.75 Å². The van der Waals surface area contributed by atoms with Gasteiger partial charge in [0.05, 0.1) is 6.61 Å². The zero-order chi connectivity index (χ0) is 19.9. The quantitative estimate of drug-likeness (QED) is 0.624. The van der Waals surface area contributed by atoms with Gasteiger partial charge >= 0.3 is 0 Å². The van der Waals surface area contributed by atoms with Crippen LogP contribution < -0.4 is 4.74 Å². The van der Waals surface area contributed by atoms with Gasteiger partial charge in [0, 0.05) is 12.0 Å². The normalized spacial score (nSPS) is 31.6. The van der Waals surface area contributed by atoms with E-state index in [4.69, 9.17) is 9.47 Å². The maximum atomic E-state index is 10.5. The van der Waals surface area contributed by atoms with Gasteiger partial charge in [-0.15, -0.1) is 0 Å². The Morgan fingerprint density at radius 2 is 1.64 bits per heavy atom. The molecule has 2 heterocycles. The predicted molar refractivity (Wildman–Crippen MR) is 102 cm³/mol. The van der Waals surface area contributed by atoms with E-state index < -0.39 is 36.8 Å². The summed E-state index contributed by atoms with van der Waals surface area (Å²) in [5.41, 5.74) is 4.48. The van der Waals surface area contributed by atoms with E-state index in [-0.39, 0.29) is 6.42 Å². The van der Waals surface area contributed by atoms with E-state index in [1.54, 1.807) is 0 Å². The Bertz CT molecular complexity index is 833. The molecular weight excluding hydrogens is 360 g/mol. The minimum atomic E-state index is -1.50. The largest absolute Gasteiger partial charge is 0.459 e. The van der Waals surface area contributed by atoms with Crippen LogP contribution in [0.3, 0.4) is 0 Å². The number of hydrogen-bond donors (Lipinski definition) is 4. The fourth-order valence-corrected chi connectivity index (χ4v) is 4.04. The van der Waals surface area contributed by atoms with Gasteiger partial charge in [0.2, 0.25) is 5.79 Å². The van der Waals surface area contributed by atoms with Crippen LogP contribution in [0.2, 0.25) is 0 Å². The van der Waals surface area contributed by atoms with E-state index in [0.717, 1.165) is 24.0 Å². The van der Waals surface area contributed by atoms with Crippen LogP contribution in [-0.2, 0) is 24.0 Å². The molecule has 1 spiro atoms. The monoisotopic (exact) mass is 386 g/mol. The van der Waals surface area contributed by atoms with Gasteiger partial charge in [-0.05, 0) is 35.6 Å². The van der Waals surface area contributed by atoms with Crippen molar-refractivity contribution in [3.63, 3.8) is 0 Å². The van der Waals surface area contributed by atoms with Crippen molar-refractivity contribution in [2.45, 2.75) is 56.4 Å². The first-order valence-corrected chi connectivity index (χ1v) is 9.67. The number of ether oxygens (including phenoxy) is 2. The summed E-state index contributed by atoms with van der Waals surface area (Å²) in [4.78, 5) is 0. The summed E-state index contributed by atoms with van der Waals surface area (Å²) in [5, 5.41) is 40.1. The number of rotatable bonds is 4. The second kappa shape index (κ2) is 7.46. The van der Waals surface area contributed by atoms with Crippen molar-refractivity contribution < 1.29 is 29.9 Å². The molecule has 4 unspecified atom stereocenters. The van der Waals surface area contributed by atoms with E-state index in [9.17, 15) is 20.4 Å². The molecule has 0 saturated carbocycles. The van der Waals surface area contributed by atoms with Crippen molar-refractivity contribution in [1.82, 2.24) is 0 Å². The van der Waals surface area contributed by atoms with Crippen LogP contribution in [0.15, 0.2) is 42.5 Å². The predicted octanol–water partition coefficient (Wildman–Crippen LogP) is 0.945. The van der Waals surface area contributed by atoms with Crippen molar-refractivity contribution >= 4 is 0 Å². The van der Waals surface area contributed by atoms with Gasteiger partial charge in [-0.3, -0.25) is 0 Å². The number of hydrogen-bond acceptors (Lipinski definition) is 6. The first-order valence-electron chi connectivity index (χ1n) is 9.67. The molecule has 150 valence electrons. The summed E-state index contributed by atoms with van der Waals surface area (Å²) in [5.74, 6) is -0.931. The summed E-state index contributed by atoms with van der Waals surface area (Å²) in [7, 11) is 0. The standard InChI is InChI=1S/C22H26O6/c1-2-13-3-5-14(6-4-13)9-15-7-8-17-16(10-15)11-22(27-17)21(26)20(25)19(24)18(12-23)28-22/h3-8,10,18-21,23-26H,2,9,11-12H2,1H3/t18?,19?,20?,21?,22-/m0/s1. The molecular formula is C22H26O6. The average molecular weight is 386 g/mol. The highest BCUT2D eigenvalue weighted by Gasteiger charge is 2.57. The van der Waals surface area contributed by atoms with Crippen LogP contribution >= 0.6 is 0 Å². The third-order valence-electron chi connectivity index (χ3n) is 5.72. The maximum absolute atomic E-state index is 10.5. The van der Waals surface area contributed by atoms with E-state index in [2.05, 4.69) is 31.2 Å². The summed E-state index contributed by atoms with van der Waals surface area (Å²) in [6.45, 7) is 1.65. The van der Waals surface area contributed by atoms with E-state index in [1.165, 1.54) is 11.1 Å². The number of aliphatic hydroxyl groups is 4. The molecule has 6 heteroatoms. The number of fused-ring (bicyclic) bond motifs is 1. The first kappa shape index (κ1) is 19.4. The van der Waals surface area contributed by atoms with Crippen molar-refractivity contribution in [3.8, 4) is 5.75 Å². The molecule has 5 atom stereocenters. The zero-order valence-corrected chi connectivity index (χ0v) is 15.8. The Morgan fingerprint density at radius 1 is 0.964 bits per heavy atom. The average Bonchev–Trinajstić information content (AvgIpc) is 3.08. The van der Waals surface area contributed by atoms with Crippen molar-refractivity contribution in [1.29, 1.82) is 0 Å². The SMILES string of the molecule is CCc1ccc(Cc2ccc3c(c2)C[C@]2(O3)OC(CO)C(O)C(O)C2O)cc1. The molecule has 2 aliphatic heterocycles. The minimum Gasteiger partial charge on any atom is -0.459 e. The Hall–Kier alpha value is -1.96. The molecule has 0 aliphatic carbocycles. The summed E-state index contributed by atoms with van der Waals surface area (Å²) in [6.07, 6.45) is -3.28. The lowest BCUT2D eigenvalue weighted by Crippen LogP contribution is -2.67. The van der Waals surface area contributed by atoms with Crippen LogP contribution in [0.4, 0.5) is 0 Å². The summed E-state index contributed by atoms with van der Waals surface area (Å²) < 4.78 is 11.6. The van der Waals surface area contributed by atoms with Gasteiger partial charge in [0.1, 0.15) is 30.2 Å². The highest BCUT2D eigenvalue weighted by molar-refractivity contribution is 5.43. The Balaban J connectivity index is 1.55. The summed E-state index contributed by atoms with van der Waals surface area (Å²) in [6, 6.07) is 14.3. The first-order chi connectivity index (χ1) is 13.5. The number of benzene rings is 2. The van der Waals surface area contributed by atoms with Crippen LogP contribution in [-0.4, -0.2) is 57.2 Å². The van der Waals surface area contributed by atoms with Gasteiger partial charge in [-0.25, -0.2) is 0 Å². The fourth-order valence-electron chi connectivity index (χ4n) is 4.04. The Morgan fingerprint density at radius 3 is 2.32 bits per heavy atom. The lowest BCUT2D eigenvalue weighted by Gasteiger charge is -2.45. The molecule has 0 amide bonds. The lowest BCUT2D eigenvalue weighted by molar-refractivity contribution is -0.330. The van der Waals surface area contributed by atoms with Gasteiger partial charge < -0.3 is 29.9 Å². The highest BCUT2D eigenvalue weighted by atomic mass is 16.7. The molecule has 4 rings (SSSR count). The fraction of sp³-hybridized carbons (Fsp3) is 0.455.